The van der Waals surface area contributed by atoms with Crippen LogP contribution in [-0.2, 0) is 11.2 Å². The van der Waals surface area contributed by atoms with Crippen molar-refractivity contribution in [1.29, 1.82) is 0 Å². The van der Waals surface area contributed by atoms with Gasteiger partial charge in [-0.15, -0.1) is 11.3 Å². The van der Waals surface area contributed by atoms with E-state index in [1.807, 2.05) is 11.3 Å². The summed E-state index contributed by atoms with van der Waals surface area (Å²) in [7, 11) is 1.73. The van der Waals surface area contributed by atoms with E-state index in [1.165, 1.54) is 9.75 Å². The fourth-order valence-corrected chi connectivity index (χ4v) is 2.27. The first-order valence-corrected chi connectivity index (χ1v) is 5.90. The summed E-state index contributed by atoms with van der Waals surface area (Å²) in [6, 6.07) is 4.87. The Morgan fingerprint density at radius 2 is 2.29 bits per heavy atom. The van der Waals surface area contributed by atoms with Crippen LogP contribution in [0, 0.1) is 0 Å². The zero-order valence-electron chi connectivity index (χ0n) is 9.17. The number of hydrogen-bond acceptors (Lipinski definition) is 3. The molecule has 0 aromatic carbocycles. The van der Waals surface area contributed by atoms with Crippen molar-refractivity contribution in [2.75, 3.05) is 20.3 Å². The summed E-state index contributed by atoms with van der Waals surface area (Å²) in [4.78, 5) is 2.87. The second-order valence-electron chi connectivity index (χ2n) is 3.33. The van der Waals surface area contributed by atoms with Crippen LogP contribution in [0.5, 0.6) is 0 Å². The molecule has 0 saturated carbocycles. The number of ether oxygens (including phenoxy) is 1. The van der Waals surface area contributed by atoms with E-state index in [2.05, 4.69) is 31.3 Å². The lowest BCUT2D eigenvalue weighted by Crippen LogP contribution is -2.22. The Kier molecular flexibility index (Phi) is 5.15. The summed E-state index contributed by atoms with van der Waals surface area (Å²) in [6.07, 6.45) is 1.13. The fourth-order valence-electron chi connectivity index (χ4n) is 1.30. The molecule has 2 nitrogen and oxygen atoms in total. The SMILES string of the molecule is CCc1ccc(C(C)NCCOC)s1. The highest BCUT2D eigenvalue weighted by Crippen LogP contribution is 2.23. The fraction of sp³-hybridized carbons (Fsp3) is 0.636. The molecule has 0 aliphatic heterocycles. The molecule has 1 atom stereocenters. The zero-order valence-corrected chi connectivity index (χ0v) is 9.99. The molecule has 3 heteroatoms. The highest BCUT2D eigenvalue weighted by Gasteiger charge is 2.06. The lowest BCUT2D eigenvalue weighted by molar-refractivity contribution is 0.196. The molecule has 0 bridgehead atoms. The van der Waals surface area contributed by atoms with Crippen molar-refractivity contribution in [3.63, 3.8) is 0 Å². The molecule has 0 spiro atoms. The molecule has 0 fully saturated rings. The number of aryl methyl sites for hydroxylation is 1. The highest BCUT2D eigenvalue weighted by molar-refractivity contribution is 7.12. The molecule has 0 saturated heterocycles. The second-order valence-corrected chi connectivity index (χ2v) is 4.53. The molecule has 14 heavy (non-hydrogen) atoms. The van der Waals surface area contributed by atoms with E-state index in [4.69, 9.17) is 4.74 Å². The third-order valence-electron chi connectivity index (χ3n) is 2.21. The van der Waals surface area contributed by atoms with Gasteiger partial charge in [0.15, 0.2) is 0 Å². The Morgan fingerprint density at radius 3 is 2.86 bits per heavy atom. The Labute approximate surface area is 90.3 Å². The van der Waals surface area contributed by atoms with Gasteiger partial charge in [0, 0.05) is 29.5 Å². The van der Waals surface area contributed by atoms with Crippen LogP contribution in [0.1, 0.15) is 29.6 Å². The summed E-state index contributed by atoms with van der Waals surface area (Å²) in [5.41, 5.74) is 0. The molecule has 0 amide bonds. The molecule has 0 aliphatic rings. The quantitative estimate of drug-likeness (QED) is 0.733. The van der Waals surface area contributed by atoms with Crippen molar-refractivity contribution >= 4 is 11.3 Å². The van der Waals surface area contributed by atoms with Gasteiger partial charge in [0.05, 0.1) is 6.61 Å². The molecule has 1 N–H and O–H groups in total. The number of nitrogens with one attached hydrogen (secondary N) is 1. The van der Waals surface area contributed by atoms with Gasteiger partial charge in [0.1, 0.15) is 0 Å². The first-order chi connectivity index (χ1) is 6.77. The topological polar surface area (TPSA) is 21.3 Å². The van der Waals surface area contributed by atoms with Crippen molar-refractivity contribution in [2.24, 2.45) is 0 Å². The monoisotopic (exact) mass is 213 g/mol. The Hall–Kier alpha value is -0.380. The van der Waals surface area contributed by atoms with Crippen LogP contribution in [-0.4, -0.2) is 20.3 Å². The maximum Gasteiger partial charge on any atom is 0.0587 e. The van der Waals surface area contributed by atoms with Crippen molar-refractivity contribution in [3.8, 4) is 0 Å². The first-order valence-electron chi connectivity index (χ1n) is 5.08. The molecule has 0 aliphatic carbocycles. The minimum Gasteiger partial charge on any atom is -0.383 e. The van der Waals surface area contributed by atoms with Crippen LogP contribution >= 0.6 is 11.3 Å². The normalized spacial score (nSPS) is 13.1. The van der Waals surface area contributed by atoms with Crippen LogP contribution in [0.2, 0.25) is 0 Å². The first kappa shape index (κ1) is 11.7. The minimum absolute atomic E-state index is 0.440. The van der Waals surface area contributed by atoms with Gasteiger partial charge in [0.2, 0.25) is 0 Å². The maximum atomic E-state index is 5.00. The molecule has 1 unspecified atom stereocenters. The molecule has 1 aromatic heterocycles. The molecular formula is C11H19NOS. The van der Waals surface area contributed by atoms with Crippen molar-refractivity contribution in [2.45, 2.75) is 26.3 Å². The number of methoxy groups -OCH3 is 1. The van der Waals surface area contributed by atoms with E-state index in [9.17, 15) is 0 Å². The Balaban J connectivity index is 2.39. The molecule has 1 heterocycles. The van der Waals surface area contributed by atoms with Crippen LogP contribution in [0.3, 0.4) is 0 Å². The molecule has 0 radical (unpaired) electrons. The predicted octanol–water partition coefficient (Wildman–Crippen LogP) is 2.61. The number of thiophene rings is 1. The average Bonchev–Trinajstić information content (AvgIpc) is 2.66. The van der Waals surface area contributed by atoms with Crippen LogP contribution in [0.4, 0.5) is 0 Å². The Bertz CT molecular complexity index is 260. The third kappa shape index (κ3) is 3.40. The van der Waals surface area contributed by atoms with Gasteiger partial charge in [-0.3, -0.25) is 0 Å². The van der Waals surface area contributed by atoms with Crippen molar-refractivity contribution < 1.29 is 4.74 Å². The lowest BCUT2D eigenvalue weighted by atomic mass is 10.2. The van der Waals surface area contributed by atoms with Gasteiger partial charge in [-0.2, -0.15) is 0 Å². The summed E-state index contributed by atoms with van der Waals surface area (Å²) >= 11 is 1.90. The van der Waals surface area contributed by atoms with E-state index in [1.54, 1.807) is 7.11 Å². The Morgan fingerprint density at radius 1 is 1.50 bits per heavy atom. The van der Waals surface area contributed by atoms with Crippen molar-refractivity contribution in [3.05, 3.63) is 21.9 Å². The van der Waals surface area contributed by atoms with Gasteiger partial charge >= 0.3 is 0 Å². The second kappa shape index (κ2) is 6.17. The van der Waals surface area contributed by atoms with E-state index >= 15 is 0 Å². The number of rotatable bonds is 6. The smallest absolute Gasteiger partial charge is 0.0587 e. The molecule has 80 valence electrons. The van der Waals surface area contributed by atoms with Crippen LogP contribution in [0.15, 0.2) is 12.1 Å². The lowest BCUT2D eigenvalue weighted by Gasteiger charge is -2.11. The summed E-state index contributed by atoms with van der Waals surface area (Å²) < 4.78 is 5.00. The van der Waals surface area contributed by atoms with Crippen LogP contribution < -0.4 is 5.32 Å². The van der Waals surface area contributed by atoms with Gasteiger partial charge < -0.3 is 10.1 Å². The summed E-state index contributed by atoms with van der Waals surface area (Å²) in [5, 5.41) is 3.42. The standard InChI is InChI=1S/C11H19NOS/c1-4-10-5-6-11(14-10)9(2)12-7-8-13-3/h5-6,9,12H,4,7-8H2,1-3H3. The largest absolute Gasteiger partial charge is 0.383 e. The minimum atomic E-state index is 0.440. The predicted molar refractivity (Wildman–Crippen MR) is 62.0 cm³/mol. The molecular weight excluding hydrogens is 194 g/mol. The molecule has 1 rings (SSSR count). The highest BCUT2D eigenvalue weighted by atomic mass is 32.1. The van der Waals surface area contributed by atoms with Gasteiger partial charge in [0.25, 0.3) is 0 Å². The van der Waals surface area contributed by atoms with E-state index < -0.39 is 0 Å². The number of hydrogen-bond donors (Lipinski definition) is 1. The van der Waals surface area contributed by atoms with Crippen LogP contribution in [0.25, 0.3) is 0 Å². The zero-order chi connectivity index (χ0) is 10.4. The summed E-state index contributed by atoms with van der Waals surface area (Å²) in [5.74, 6) is 0. The maximum absolute atomic E-state index is 5.00. The van der Waals surface area contributed by atoms with Gasteiger partial charge in [-0.1, -0.05) is 6.92 Å². The average molecular weight is 213 g/mol. The van der Waals surface area contributed by atoms with Gasteiger partial charge in [-0.05, 0) is 25.5 Å². The third-order valence-corrected chi connectivity index (χ3v) is 3.63. The molecule has 1 aromatic rings. The van der Waals surface area contributed by atoms with E-state index in [0.29, 0.717) is 6.04 Å². The van der Waals surface area contributed by atoms with Gasteiger partial charge in [-0.25, -0.2) is 0 Å². The van der Waals surface area contributed by atoms with E-state index in [-0.39, 0.29) is 0 Å². The summed E-state index contributed by atoms with van der Waals surface area (Å²) in [6.45, 7) is 6.08. The van der Waals surface area contributed by atoms with E-state index in [0.717, 1.165) is 19.6 Å². The van der Waals surface area contributed by atoms with Crippen molar-refractivity contribution in [1.82, 2.24) is 5.32 Å².